The van der Waals surface area contributed by atoms with Crippen molar-refractivity contribution in [3.8, 4) is 0 Å². The number of piperidine rings is 1. The molecule has 1 atom stereocenters. The van der Waals surface area contributed by atoms with Crippen molar-refractivity contribution in [1.82, 2.24) is 20.1 Å². The van der Waals surface area contributed by atoms with Crippen LogP contribution in [0.5, 0.6) is 0 Å². The maximum atomic E-state index is 13.5. The van der Waals surface area contributed by atoms with Gasteiger partial charge in [-0.25, -0.2) is 8.78 Å². The first-order chi connectivity index (χ1) is 16.9. The third kappa shape index (κ3) is 5.94. The largest absolute Gasteiger partial charge is 0.496 e. The van der Waals surface area contributed by atoms with Crippen molar-refractivity contribution in [2.75, 3.05) is 33.3 Å². The summed E-state index contributed by atoms with van der Waals surface area (Å²) in [6.07, 6.45) is 5.85. The molecule has 2 aliphatic heterocycles. The second-order valence-electron chi connectivity index (χ2n) is 10.2. The van der Waals surface area contributed by atoms with Gasteiger partial charge in [0.25, 0.3) is 5.92 Å². The molecule has 0 saturated carbocycles. The minimum atomic E-state index is -2.65. The molecule has 0 spiro atoms. The number of methoxy groups -OCH3 is 1. The average molecular weight is 501 g/mol. The number of halogens is 2. The van der Waals surface area contributed by atoms with Gasteiger partial charge in [0, 0.05) is 64.0 Å². The highest BCUT2D eigenvalue weighted by atomic mass is 19.3. The monoisotopic (exact) mass is 500 g/mol. The van der Waals surface area contributed by atoms with E-state index in [0.29, 0.717) is 25.6 Å². The van der Waals surface area contributed by atoms with E-state index in [1.807, 2.05) is 24.8 Å². The van der Waals surface area contributed by atoms with Gasteiger partial charge in [0.2, 0.25) is 0 Å². The van der Waals surface area contributed by atoms with Gasteiger partial charge in [-0.05, 0) is 65.6 Å². The van der Waals surface area contributed by atoms with Crippen LogP contribution in [0.4, 0.5) is 8.78 Å². The van der Waals surface area contributed by atoms with Crippen molar-refractivity contribution < 1.29 is 13.5 Å². The van der Waals surface area contributed by atoms with Gasteiger partial charge >= 0.3 is 0 Å². The molecule has 0 unspecified atom stereocenters. The van der Waals surface area contributed by atoms with Crippen molar-refractivity contribution in [2.45, 2.75) is 59.4 Å². The Kier molecular flexibility index (Phi) is 8.55. The minimum absolute atomic E-state index is 0.165. The SMILES string of the molecule is C=C1NC(C)=CC(OC)=C1CNC(=C)c1c(C)n([C@H](C)C2CCN(CC(C)(F)F)CC2)/c(=C/C)c1=C. The fourth-order valence-electron chi connectivity index (χ4n) is 5.67. The minimum Gasteiger partial charge on any atom is -0.496 e. The summed E-state index contributed by atoms with van der Waals surface area (Å²) in [6, 6.07) is 0.223. The molecular formula is C29H42F2N4O. The predicted octanol–water partition coefficient (Wildman–Crippen LogP) is 4.42. The molecule has 2 aliphatic rings. The van der Waals surface area contributed by atoms with Gasteiger partial charge in [-0.2, -0.15) is 0 Å². The van der Waals surface area contributed by atoms with Crippen molar-refractivity contribution in [3.05, 3.63) is 63.8 Å². The molecule has 3 heterocycles. The highest BCUT2D eigenvalue weighted by Gasteiger charge is 2.31. The molecule has 3 rings (SSSR count). The first kappa shape index (κ1) is 27.8. The Morgan fingerprint density at radius 3 is 2.50 bits per heavy atom. The number of hydrogen-bond acceptors (Lipinski definition) is 4. The van der Waals surface area contributed by atoms with E-state index in [2.05, 4.69) is 54.9 Å². The number of nitrogens with one attached hydrogen (secondary N) is 2. The summed E-state index contributed by atoms with van der Waals surface area (Å²) in [5.41, 5.74) is 5.66. The summed E-state index contributed by atoms with van der Waals surface area (Å²) in [5, 5.41) is 8.75. The van der Waals surface area contributed by atoms with E-state index in [9.17, 15) is 8.78 Å². The quantitative estimate of drug-likeness (QED) is 0.527. The molecule has 0 bridgehead atoms. The molecule has 5 nitrogen and oxygen atoms in total. The number of aromatic nitrogens is 1. The van der Waals surface area contributed by atoms with Crippen molar-refractivity contribution >= 4 is 18.4 Å². The Morgan fingerprint density at radius 1 is 1.31 bits per heavy atom. The number of rotatable bonds is 9. The van der Waals surface area contributed by atoms with Crippen LogP contribution in [0.2, 0.25) is 0 Å². The second kappa shape index (κ2) is 11.1. The van der Waals surface area contributed by atoms with Crippen molar-refractivity contribution in [2.24, 2.45) is 5.92 Å². The Labute approximate surface area is 214 Å². The van der Waals surface area contributed by atoms with Gasteiger partial charge in [-0.15, -0.1) is 0 Å². The molecule has 198 valence electrons. The van der Waals surface area contributed by atoms with Crippen LogP contribution >= 0.6 is 0 Å². The molecule has 1 aromatic heterocycles. The lowest BCUT2D eigenvalue weighted by molar-refractivity contribution is -0.0240. The van der Waals surface area contributed by atoms with Gasteiger partial charge < -0.3 is 19.9 Å². The standard InChI is InChI=1S/C29H42F2N4O/c1-10-26-19(3)28(21(5)32-16-25-20(4)33-18(2)15-27(25)36-9)23(7)35(26)22(6)24-11-13-34(14-12-24)17-29(8,30)31/h10,15,22,24,32-33H,3-5,11-14,16-17H2,1-2,6-9H3/b26-10+/t22-/m1/s1. The molecule has 1 saturated heterocycles. The summed E-state index contributed by atoms with van der Waals surface area (Å²) < 4.78 is 34.9. The van der Waals surface area contributed by atoms with Gasteiger partial charge in [-0.1, -0.05) is 25.8 Å². The molecule has 0 radical (unpaired) electrons. The lowest BCUT2D eigenvalue weighted by Gasteiger charge is -2.36. The van der Waals surface area contributed by atoms with E-state index < -0.39 is 5.92 Å². The zero-order chi connectivity index (χ0) is 26.8. The highest BCUT2D eigenvalue weighted by Crippen LogP contribution is 2.30. The van der Waals surface area contributed by atoms with Gasteiger partial charge in [0.1, 0.15) is 5.76 Å². The van der Waals surface area contributed by atoms with E-state index in [4.69, 9.17) is 4.74 Å². The fourth-order valence-corrected chi connectivity index (χ4v) is 5.67. The smallest absolute Gasteiger partial charge is 0.257 e. The second-order valence-corrected chi connectivity index (χ2v) is 10.2. The molecule has 36 heavy (non-hydrogen) atoms. The first-order valence-electron chi connectivity index (χ1n) is 12.7. The van der Waals surface area contributed by atoms with Crippen LogP contribution in [0.1, 0.15) is 57.8 Å². The Bertz CT molecular complexity index is 1180. The number of likely N-dealkylation sites (tertiary alicyclic amines) is 1. The third-order valence-electron chi connectivity index (χ3n) is 7.45. The van der Waals surface area contributed by atoms with Gasteiger partial charge in [0.15, 0.2) is 0 Å². The molecule has 7 heteroatoms. The summed E-state index contributed by atoms with van der Waals surface area (Å²) in [7, 11) is 1.66. The zero-order valence-corrected chi connectivity index (χ0v) is 22.7. The molecule has 1 aromatic rings. The zero-order valence-electron chi connectivity index (χ0n) is 22.7. The van der Waals surface area contributed by atoms with Crippen molar-refractivity contribution in [1.29, 1.82) is 0 Å². The highest BCUT2D eigenvalue weighted by molar-refractivity contribution is 5.66. The molecule has 0 aliphatic carbocycles. The van der Waals surface area contributed by atoms with Crippen LogP contribution in [-0.2, 0) is 4.74 Å². The molecular weight excluding hydrogens is 458 g/mol. The maximum Gasteiger partial charge on any atom is 0.257 e. The lowest BCUT2D eigenvalue weighted by atomic mass is 9.89. The number of allylic oxidation sites excluding steroid dienone is 2. The number of alkyl halides is 2. The van der Waals surface area contributed by atoms with Crippen LogP contribution < -0.4 is 21.2 Å². The number of nitrogens with zero attached hydrogens (tertiary/aromatic N) is 2. The summed E-state index contributed by atoms with van der Waals surface area (Å²) in [4.78, 5) is 1.89. The van der Waals surface area contributed by atoms with E-state index in [-0.39, 0.29) is 12.6 Å². The van der Waals surface area contributed by atoms with Crippen LogP contribution in [-0.4, -0.2) is 48.7 Å². The van der Waals surface area contributed by atoms with Crippen LogP contribution in [0, 0.1) is 12.8 Å². The number of dihydropyridines is 1. The van der Waals surface area contributed by atoms with Gasteiger partial charge in [-0.3, -0.25) is 4.90 Å². The van der Waals surface area contributed by atoms with E-state index in [1.54, 1.807) is 7.11 Å². The third-order valence-corrected chi connectivity index (χ3v) is 7.45. The lowest BCUT2D eigenvalue weighted by Crippen LogP contribution is -2.43. The summed E-state index contributed by atoms with van der Waals surface area (Å²) in [5.74, 6) is -1.46. The average Bonchev–Trinajstić information content (AvgIpc) is 3.05. The first-order valence-corrected chi connectivity index (χ1v) is 12.7. The Morgan fingerprint density at radius 2 is 1.94 bits per heavy atom. The van der Waals surface area contributed by atoms with Crippen LogP contribution in [0.25, 0.3) is 18.4 Å². The maximum absolute atomic E-state index is 13.5. The van der Waals surface area contributed by atoms with Gasteiger partial charge in [0.05, 0.1) is 13.7 Å². The predicted molar refractivity (Wildman–Crippen MR) is 146 cm³/mol. The van der Waals surface area contributed by atoms with Crippen LogP contribution in [0.3, 0.4) is 0 Å². The fraction of sp³-hybridized carbons (Fsp3) is 0.517. The molecule has 1 fully saturated rings. The van der Waals surface area contributed by atoms with E-state index in [1.165, 1.54) is 0 Å². The normalized spacial score (nSPS) is 19.3. The van der Waals surface area contributed by atoms with Crippen LogP contribution in [0.15, 0.2) is 42.0 Å². The number of ether oxygens (including phenoxy) is 1. The Hall–Kier alpha value is -2.80. The molecule has 0 aromatic carbocycles. The van der Waals surface area contributed by atoms with E-state index in [0.717, 1.165) is 70.0 Å². The summed E-state index contributed by atoms with van der Waals surface area (Å²) >= 11 is 0. The van der Waals surface area contributed by atoms with E-state index >= 15 is 0 Å². The number of hydrogen-bond donors (Lipinski definition) is 2. The molecule has 0 amide bonds. The summed E-state index contributed by atoms with van der Waals surface area (Å²) in [6.45, 7) is 24.0. The Balaban J connectivity index is 1.80. The van der Waals surface area contributed by atoms with Crippen molar-refractivity contribution in [3.63, 3.8) is 0 Å². The topological polar surface area (TPSA) is 41.5 Å². The molecule has 2 N–H and O–H groups in total.